The van der Waals surface area contributed by atoms with E-state index in [2.05, 4.69) is 22.2 Å². The van der Waals surface area contributed by atoms with Crippen LogP contribution < -0.4 is 10.9 Å². The van der Waals surface area contributed by atoms with Gasteiger partial charge in [-0.05, 0) is 25.0 Å². The highest BCUT2D eigenvalue weighted by Gasteiger charge is 2.08. The van der Waals surface area contributed by atoms with E-state index in [1.165, 1.54) is 0 Å². The number of anilines is 1. The number of H-pyrrole nitrogens is 1. The van der Waals surface area contributed by atoms with Crippen molar-refractivity contribution in [1.82, 2.24) is 9.97 Å². The predicted octanol–water partition coefficient (Wildman–Crippen LogP) is 3.51. The minimum absolute atomic E-state index is 0.130. The lowest BCUT2D eigenvalue weighted by Gasteiger charge is -2.07. The normalized spacial score (nSPS) is 10.7. The number of aromatic amines is 1. The van der Waals surface area contributed by atoms with Gasteiger partial charge >= 0.3 is 0 Å². The molecule has 2 aromatic heterocycles. The summed E-state index contributed by atoms with van der Waals surface area (Å²) in [6.45, 7) is 4.33. The molecule has 1 aromatic carbocycles. The van der Waals surface area contributed by atoms with E-state index in [9.17, 15) is 4.79 Å². The van der Waals surface area contributed by atoms with Crippen LogP contribution in [0, 0.1) is 6.92 Å². The van der Waals surface area contributed by atoms with Gasteiger partial charge in [0.2, 0.25) is 5.89 Å². The summed E-state index contributed by atoms with van der Waals surface area (Å²) >= 11 is 0. The van der Waals surface area contributed by atoms with Crippen molar-refractivity contribution in [2.24, 2.45) is 0 Å². The molecule has 3 aromatic rings. The summed E-state index contributed by atoms with van der Waals surface area (Å²) in [6.07, 6.45) is 2.57. The standard InChI is InChI=1S/C18H19N3O2/c1-3-13-9-15(18(22)21-12(13)2)19-11-17-20-10-16(23-17)14-7-5-4-6-8-14/h4-10,19H,3,11H2,1-2H3,(H,21,22). The highest BCUT2D eigenvalue weighted by molar-refractivity contribution is 5.55. The van der Waals surface area contributed by atoms with Gasteiger partial charge in [0.15, 0.2) is 5.76 Å². The maximum Gasteiger partial charge on any atom is 0.271 e. The van der Waals surface area contributed by atoms with E-state index in [-0.39, 0.29) is 5.56 Å². The molecule has 5 nitrogen and oxygen atoms in total. The van der Waals surface area contributed by atoms with Crippen LogP contribution >= 0.6 is 0 Å². The summed E-state index contributed by atoms with van der Waals surface area (Å²) in [5, 5.41) is 3.10. The van der Waals surface area contributed by atoms with Crippen LogP contribution in [0.3, 0.4) is 0 Å². The van der Waals surface area contributed by atoms with E-state index in [0.717, 1.165) is 29.0 Å². The van der Waals surface area contributed by atoms with E-state index < -0.39 is 0 Å². The van der Waals surface area contributed by atoms with Crippen LogP contribution in [0.25, 0.3) is 11.3 Å². The Balaban J connectivity index is 1.75. The Morgan fingerprint density at radius 3 is 2.78 bits per heavy atom. The molecule has 0 radical (unpaired) electrons. The molecule has 0 saturated heterocycles. The van der Waals surface area contributed by atoms with E-state index in [0.29, 0.717) is 18.1 Å². The summed E-state index contributed by atoms with van der Waals surface area (Å²) in [4.78, 5) is 19.1. The maximum atomic E-state index is 12.0. The van der Waals surface area contributed by atoms with Crippen molar-refractivity contribution >= 4 is 5.69 Å². The third kappa shape index (κ3) is 3.34. The van der Waals surface area contributed by atoms with Crippen LogP contribution in [0.15, 0.2) is 51.8 Å². The lowest BCUT2D eigenvalue weighted by molar-refractivity contribution is 0.516. The Hall–Kier alpha value is -2.82. The molecule has 0 saturated carbocycles. The van der Waals surface area contributed by atoms with Crippen molar-refractivity contribution in [3.8, 4) is 11.3 Å². The van der Waals surface area contributed by atoms with Crippen LogP contribution in [0.2, 0.25) is 0 Å². The largest absolute Gasteiger partial charge is 0.439 e. The maximum absolute atomic E-state index is 12.0. The van der Waals surface area contributed by atoms with Crippen molar-refractivity contribution in [3.63, 3.8) is 0 Å². The van der Waals surface area contributed by atoms with Gasteiger partial charge in [-0.15, -0.1) is 0 Å². The fourth-order valence-corrected chi connectivity index (χ4v) is 2.46. The van der Waals surface area contributed by atoms with Gasteiger partial charge in [-0.2, -0.15) is 0 Å². The van der Waals surface area contributed by atoms with Crippen molar-refractivity contribution in [2.75, 3.05) is 5.32 Å². The summed E-state index contributed by atoms with van der Waals surface area (Å²) in [7, 11) is 0. The Bertz CT molecular complexity index is 850. The van der Waals surface area contributed by atoms with Crippen LogP contribution in [0.1, 0.15) is 24.1 Å². The van der Waals surface area contributed by atoms with Crippen LogP contribution in [-0.4, -0.2) is 9.97 Å². The Morgan fingerprint density at radius 2 is 2.04 bits per heavy atom. The Morgan fingerprint density at radius 1 is 1.26 bits per heavy atom. The number of nitrogens with one attached hydrogen (secondary N) is 2. The highest BCUT2D eigenvalue weighted by Crippen LogP contribution is 2.20. The fourth-order valence-electron chi connectivity index (χ4n) is 2.46. The van der Waals surface area contributed by atoms with Crippen LogP contribution in [-0.2, 0) is 13.0 Å². The molecule has 5 heteroatoms. The highest BCUT2D eigenvalue weighted by atomic mass is 16.4. The third-order valence-electron chi connectivity index (χ3n) is 3.77. The van der Waals surface area contributed by atoms with Crippen LogP contribution in [0.5, 0.6) is 0 Å². The first-order chi connectivity index (χ1) is 11.2. The van der Waals surface area contributed by atoms with Crippen molar-refractivity contribution < 1.29 is 4.42 Å². The topological polar surface area (TPSA) is 70.9 Å². The van der Waals surface area contributed by atoms with Gasteiger partial charge in [0, 0.05) is 11.3 Å². The molecule has 2 N–H and O–H groups in total. The quantitative estimate of drug-likeness (QED) is 0.756. The number of aryl methyl sites for hydroxylation is 2. The van der Waals surface area contributed by atoms with Gasteiger partial charge in [-0.25, -0.2) is 4.98 Å². The molecular weight excluding hydrogens is 290 g/mol. The molecule has 3 rings (SSSR count). The molecule has 0 aliphatic rings. The molecule has 0 aliphatic carbocycles. The smallest absolute Gasteiger partial charge is 0.271 e. The second-order valence-corrected chi connectivity index (χ2v) is 5.35. The average molecular weight is 309 g/mol. The molecule has 0 atom stereocenters. The zero-order valence-corrected chi connectivity index (χ0v) is 13.2. The predicted molar refractivity (Wildman–Crippen MR) is 90.4 cm³/mol. The van der Waals surface area contributed by atoms with E-state index in [1.54, 1.807) is 6.20 Å². The SMILES string of the molecule is CCc1cc(NCc2ncc(-c3ccccc3)o2)c(=O)[nH]c1C. The molecule has 2 heterocycles. The van der Waals surface area contributed by atoms with Crippen molar-refractivity contribution in [2.45, 2.75) is 26.8 Å². The number of rotatable bonds is 5. The summed E-state index contributed by atoms with van der Waals surface area (Å²) < 4.78 is 5.73. The van der Waals surface area contributed by atoms with Gasteiger partial charge < -0.3 is 14.7 Å². The molecule has 118 valence electrons. The molecule has 0 unspecified atom stereocenters. The number of oxazole rings is 1. The van der Waals surface area contributed by atoms with Gasteiger partial charge in [-0.3, -0.25) is 4.79 Å². The van der Waals surface area contributed by atoms with Crippen LogP contribution in [0.4, 0.5) is 5.69 Å². The lowest BCUT2D eigenvalue weighted by atomic mass is 10.1. The summed E-state index contributed by atoms with van der Waals surface area (Å²) in [6, 6.07) is 11.7. The average Bonchev–Trinajstić information content (AvgIpc) is 3.04. The lowest BCUT2D eigenvalue weighted by Crippen LogP contribution is -2.16. The third-order valence-corrected chi connectivity index (χ3v) is 3.77. The van der Waals surface area contributed by atoms with Gasteiger partial charge in [0.25, 0.3) is 5.56 Å². The second-order valence-electron chi connectivity index (χ2n) is 5.35. The molecule has 0 aliphatic heterocycles. The minimum atomic E-state index is -0.130. The van der Waals surface area contributed by atoms with Crippen molar-refractivity contribution in [3.05, 3.63) is 70.1 Å². The summed E-state index contributed by atoms with van der Waals surface area (Å²) in [5.41, 5.74) is 3.41. The summed E-state index contributed by atoms with van der Waals surface area (Å²) in [5.74, 6) is 1.26. The first-order valence-electron chi connectivity index (χ1n) is 7.64. The van der Waals surface area contributed by atoms with E-state index >= 15 is 0 Å². The first-order valence-corrected chi connectivity index (χ1v) is 7.64. The first kappa shape index (κ1) is 15.1. The Kier molecular flexibility index (Phi) is 4.28. The number of hydrogen-bond donors (Lipinski definition) is 2. The van der Waals surface area contributed by atoms with Gasteiger partial charge in [0.05, 0.1) is 12.7 Å². The minimum Gasteiger partial charge on any atom is -0.439 e. The fraction of sp³-hybridized carbons (Fsp3) is 0.222. The molecule has 0 bridgehead atoms. The zero-order chi connectivity index (χ0) is 16.2. The number of pyridine rings is 1. The number of hydrogen-bond acceptors (Lipinski definition) is 4. The molecule has 23 heavy (non-hydrogen) atoms. The zero-order valence-electron chi connectivity index (χ0n) is 13.2. The number of nitrogens with zero attached hydrogens (tertiary/aromatic N) is 1. The van der Waals surface area contributed by atoms with E-state index in [4.69, 9.17) is 4.42 Å². The van der Waals surface area contributed by atoms with Gasteiger partial charge in [-0.1, -0.05) is 37.3 Å². The number of benzene rings is 1. The molecule has 0 fully saturated rings. The molecule has 0 spiro atoms. The van der Waals surface area contributed by atoms with Crippen molar-refractivity contribution in [1.29, 1.82) is 0 Å². The molecular formula is C18H19N3O2. The van der Waals surface area contributed by atoms with E-state index in [1.807, 2.05) is 43.3 Å². The van der Waals surface area contributed by atoms with Gasteiger partial charge in [0.1, 0.15) is 5.69 Å². The second kappa shape index (κ2) is 6.52. The molecule has 0 amide bonds. The monoisotopic (exact) mass is 309 g/mol. The Labute approximate surface area is 134 Å². The number of aromatic nitrogens is 2.